The first kappa shape index (κ1) is 13.2. The van der Waals surface area contributed by atoms with Crippen molar-refractivity contribution in [1.29, 1.82) is 0 Å². The smallest absolute Gasteiger partial charge is 0.185 e. The monoisotopic (exact) mass is 252 g/mol. The van der Waals surface area contributed by atoms with E-state index in [0.29, 0.717) is 5.02 Å². The molecule has 84 valence electrons. The van der Waals surface area contributed by atoms with Gasteiger partial charge in [0.25, 0.3) is 0 Å². The van der Waals surface area contributed by atoms with Crippen LogP contribution in [0.5, 0.6) is 0 Å². The van der Waals surface area contributed by atoms with Gasteiger partial charge in [-0.1, -0.05) is 35.2 Å². The van der Waals surface area contributed by atoms with E-state index in [0.717, 1.165) is 23.3 Å². The van der Waals surface area contributed by atoms with E-state index in [1.165, 1.54) is 11.8 Å². The molecule has 0 amide bonds. The van der Waals surface area contributed by atoms with Crippen molar-refractivity contribution in [3.8, 4) is 11.8 Å². The number of hydrogen-bond donors (Lipinski definition) is 0. The van der Waals surface area contributed by atoms with Crippen LogP contribution in [-0.2, 0) is 4.79 Å². The number of rotatable bonds is 2. The summed E-state index contributed by atoms with van der Waals surface area (Å²) in [6.07, 6.45) is 0.718. The second kappa shape index (κ2) is 6.62. The van der Waals surface area contributed by atoms with E-state index in [2.05, 4.69) is 11.8 Å². The van der Waals surface area contributed by atoms with Gasteiger partial charge < -0.3 is 0 Å². The zero-order valence-electron chi connectivity index (χ0n) is 9.34. The van der Waals surface area contributed by atoms with Gasteiger partial charge in [-0.3, -0.25) is 4.79 Å². The summed E-state index contributed by atoms with van der Waals surface area (Å²) in [6, 6.07) is 5.75. The number of halogens is 1. The van der Waals surface area contributed by atoms with Gasteiger partial charge in [-0.05, 0) is 30.7 Å². The minimum absolute atomic E-state index is 0.139. The molecular formula is C13H13ClOS. The second-order valence-electron chi connectivity index (χ2n) is 3.41. The van der Waals surface area contributed by atoms with Crippen LogP contribution in [0.2, 0.25) is 5.02 Å². The Bertz CT molecular complexity index is 423. The highest BCUT2D eigenvalue weighted by Crippen LogP contribution is 2.13. The highest BCUT2D eigenvalue weighted by Gasteiger charge is 1.93. The lowest BCUT2D eigenvalue weighted by Gasteiger charge is -1.96. The summed E-state index contributed by atoms with van der Waals surface area (Å²) < 4.78 is 0. The maximum absolute atomic E-state index is 10.7. The SMILES string of the molecule is CC(=O)SCCC#Cc1cc(C)cc(Cl)c1. The molecule has 0 aliphatic rings. The summed E-state index contributed by atoms with van der Waals surface area (Å²) in [4.78, 5) is 10.7. The molecule has 0 atom stereocenters. The largest absolute Gasteiger partial charge is 0.288 e. The van der Waals surface area contributed by atoms with Crippen LogP contribution in [0.4, 0.5) is 0 Å². The third kappa shape index (κ3) is 5.25. The molecule has 0 aromatic heterocycles. The first-order valence-electron chi connectivity index (χ1n) is 4.97. The second-order valence-corrected chi connectivity index (χ2v) is 5.12. The average molecular weight is 253 g/mol. The molecule has 1 aromatic carbocycles. The van der Waals surface area contributed by atoms with Gasteiger partial charge in [-0.25, -0.2) is 0 Å². The molecule has 1 rings (SSSR count). The lowest BCUT2D eigenvalue weighted by Crippen LogP contribution is -1.84. The fraction of sp³-hybridized carbons (Fsp3) is 0.308. The Morgan fingerprint density at radius 1 is 1.44 bits per heavy atom. The maximum Gasteiger partial charge on any atom is 0.185 e. The number of aryl methyl sites for hydroxylation is 1. The zero-order chi connectivity index (χ0) is 12.0. The fourth-order valence-corrected chi connectivity index (χ4v) is 2.00. The molecular weight excluding hydrogens is 240 g/mol. The molecule has 0 fully saturated rings. The minimum atomic E-state index is 0.139. The quantitative estimate of drug-likeness (QED) is 0.590. The lowest BCUT2D eigenvalue weighted by atomic mass is 10.1. The Morgan fingerprint density at radius 2 is 2.19 bits per heavy atom. The van der Waals surface area contributed by atoms with Gasteiger partial charge in [0, 0.05) is 29.7 Å². The number of benzene rings is 1. The van der Waals surface area contributed by atoms with Crippen LogP contribution < -0.4 is 0 Å². The predicted octanol–water partition coefficient (Wildman–Crippen LogP) is 3.67. The Labute approximate surface area is 106 Å². The van der Waals surface area contributed by atoms with Crippen molar-refractivity contribution in [3.63, 3.8) is 0 Å². The van der Waals surface area contributed by atoms with Crippen molar-refractivity contribution in [3.05, 3.63) is 34.3 Å². The highest BCUT2D eigenvalue weighted by molar-refractivity contribution is 8.13. The van der Waals surface area contributed by atoms with Gasteiger partial charge in [0.05, 0.1) is 0 Å². The predicted molar refractivity (Wildman–Crippen MR) is 70.8 cm³/mol. The molecule has 0 saturated carbocycles. The fourth-order valence-electron chi connectivity index (χ4n) is 1.22. The Morgan fingerprint density at radius 3 is 2.81 bits per heavy atom. The third-order valence-corrected chi connectivity index (χ3v) is 2.84. The molecule has 16 heavy (non-hydrogen) atoms. The standard InChI is InChI=1S/C13H13ClOS/c1-10-7-12(9-13(14)8-10)5-3-4-6-16-11(2)15/h7-9H,4,6H2,1-2H3. The van der Waals surface area contributed by atoms with Crippen LogP contribution in [-0.4, -0.2) is 10.9 Å². The van der Waals surface area contributed by atoms with Crippen LogP contribution in [0.15, 0.2) is 18.2 Å². The topological polar surface area (TPSA) is 17.1 Å². The van der Waals surface area contributed by atoms with Crippen LogP contribution >= 0.6 is 23.4 Å². The van der Waals surface area contributed by atoms with Crippen LogP contribution in [0, 0.1) is 18.8 Å². The summed E-state index contributed by atoms with van der Waals surface area (Å²) in [6.45, 7) is 3.56. The van der Waals surface area contributed by atoms with Gasteiger partial charge in [0.2, 0.25) is 0 Å². The molecule has 0 aliphatic heterocycles. The van der Waals surface area contributed by atoms with Crippen molar-refractivity contribution in [2.24, 2.45) is 0 Å². The molecule has 0 aliphatic carbocycles. The van der Waals surface area contributed by atoms with Crippen LogP contribution in [0.1, 0.15) is 24.5 Å². The molecule has 0 saturated heterocycles. The van der Waals surface area contributed by atoms with E-state index < -0.39 is 0 Å². The Hall–Kier alpha value is -0.910. The van der Waals surface area contributed by atoms with E-state index in [-0.39, 0.29) is 5.12 Å². The number of carbonyl (C=O) groups excluding carboxylic acids is 1. The van der Waals surface area contributed by atoms with Gasteiger partial charge in [0.15, 0.2) is 5.12 Å². The third-order valence-electron chi connectivity index (χ3n) is 1.81. The normalized spacial score (nSPS) is 9.44. The number of hydrogen-bond acceptors (Lipinski definition) is 2. The summed E-state index contributed by atoms with van der Waals surface area (Å²) in [7, 11) is 0. The minimum Gasteiger partial charge on any atom is -0.288 e. The van der Waals surface area contributed by atoms with Gasteiger partial charge in [-0.2, -0.15) is 0 Å². The van der Waals surface area contributed by atoms with Crippen LogP contribution in [0.3, 0.4) is 0 Å². The van der Waals surface area contributed by atoms with Crippen molar-refractivity contribution < 1.29 is 4.79 Å². The Balaban J connectivity index is 2.53. The van der Waals surface area contributed by atoms with Gasteiger partial charge in [0.1, 0.15) is 0 Å². The van der Waals surface area contributed by atoms with E-state index >= 15 is 0 Å². The maximum atomic E-state index is 10.7. The van der Waals surface area contributed by atoms with Gasteiger partial charge in [-0.15, -0.1) is 0 Å². The summed E-state index contributed by atoms with van der Waals surface area (Å²) in [5.74, 6) is 6.82. The molecule has 0 N–H and O–H groups in total. The van der Waals surface area contributed by atoms with Gasteiger partial charge >= 0.3 is 0 Å². The van der Waals surface area contributed by atoms with Crippen molar-refractivity contribution in [1.82, 2.24) is 0 Å². The summed E-state index contributed by atoms with van der Waals surface area (Å²) >= 11 is 7.22. The highest BCUT2D eigenvalue weighted by atomic mass is 35.5. The van der Waals surface area contributed by atoms with Crippen molar-refractivity contribution in [2.75, 3.05) is 5.75 Å². The first-order valence-corrected chi connectivity index (χ1v) is 6.34. The van der Waals surface area contributed by atoms with Crippen molar-refractivity contribution in [2.45, 2.75) is 20.3 Å². The molecule has 0 unspecified atom stereocenters. The van der Waals surface area contributed by atoms with E-state index in [1.54, 1.807) is 6.92 Å². The molecule has 0 radical (unpaired) electrons. The molecule has 1 aromatic rings. The molecule has 0 bridgehead atoms. The average Bonchev–Trinajstić information content (AvgIpc) is 2.15. The zero-order valence-corrected chi connectivity index (χ0v) is 10.9. The van der Waals surface area contributed by atoms with Crippen molar-refractivity contribution >= 4 is 28.5 Å². The molecule has 0 heterocycles. The number of thioether (sulfide) groups is 1. The number of carbonyl (C=O) groups is 1. The molecule has 1 nitrogen and oxygen atoms in total. The first-order chi connectivity index (χ1) is 7.58. The molecule has 3 heteroatoms. The van der Waals surface area contributed by atoms with E-state index in [9.17, 15) is 4.79 Å². The Kier molecular flexibility index (Phi) is 5.45. The summed E-state index contributed by atoms with van der Waals surface area (Å²) in [5.41, 5.74) is 2.03. The summed E-state index contributed by atoms with van der Waals surface area (Å²) in [5, 5.41) is 0.850. The van der Waals surface area contributed by atoms with E-state index in [1.807, 2.05) is 25.1 Å². The van der Waals surface area contributed by atoms with E-state index in [4.69, 9.17) is 11.6 Å². The van der Waals surface area contributed by atoms with Crippen LogP contribution in [0.25, 0.3) is 0 Å². The lowest BCUT2D eigenvalue weighted by molar-refractivity contribution is -0.109. The molecule has 0 spiro atoms.